The minimum atomic E-state index is -0.940. The van der Waals surface area contributed by atoms with Crippen LogP contribution in [-0.4, -0.2) is 29.1 Å². The Hall–Kier alpha value is -1.81. The van der Waals surface area contributed by atoms with Crippen LogP contribution in [0.5, 0.6) is 0 Å². The number of hydrogen-bond acceptors (Lipinski definition) is 3. The van der Waals surface area contributed by atoms with Crippen LogP contribution in [-0.2, 0) is 6.54 Å². The number of carboxylic acids is 1. The summed E-state index contributed by atoms with van der Waals surface area (Å²) in [5.41, 5.74) is 0.726. The summed E-state index contributed by atoms with van der Waals surface area (Å²) in [6, 6.07) is 7.19. The highest BCUT2D eigenvalue weighted by molar-refractivity contribution is 6.01. The van der Waals surface area contributed by atoms with Crippen molar-refractivity contribution in [1.82, 2.24) is 4.90 Å². The van der Waals surface area contributed by atoms with Gasteiger partial charge in [0.25, 0.3) is 0 Å². The number of fused-ring (bicyclic) bond motifs is 1. The Bertz CT molecular complexity index is 596. The van der Waals surface area contributed by atoms with Crippen LogP contribution in [0.4, 0.5) is 0 Å². The summed E-state index contributed by atoms with van der Waals surface area (Å²) in [6.45, 7) is 2.97. The van der Waals surface area contributed by atoms with Crippen LogP contribution in [0.1, 0.15) is 35.4 Å². The summed E-state index contributed by atoms with van der Waals surface area (Å²) < 4.78 is 5.74. The van der Waals surface area contributed by atoms with E-state index in [1.54, 1.807) is 12.1 Å². The number of piperidine rings is 1. The van der Waals surface area contributed by atoms with E-state index in [0.29, 0.717) is 5.58 Å². The number of para-hydroxylation sites is 1. The first-order valence-corrected chi connectivity index (χ1v) is 6.71. The maximum atomic E-state index is 11.1. The number of benzene rings is 1. The first-order chi connectivity index (χ1) is 9.24. The van der Waals surface area contributed by atoms with E-state index in [9.17, 15) is 4.79 Å². The second-order valence-corrected chi connectivity index (χ2v) is 5.08. The third kappa shape index (κ3) is 2.49. The maximum Gasteiger partial charge on any atom is 0.339 e. The van der Waals surface area contributed by atoms with E-state index < -0.39 is 5.97 Å². The van der Waals surface area contributed by atoms with E-state index in [2.05, 4.69) is 4.90 Å². The zero-order valence-corrected chi connectivity index (χ0v) is 10.8. The molecule has 0 bridgehead atoms. The van der Waals surface area contributed by atoms with Gasteiger partial charge in [-0.2, -0.15) is 0 Å². The van der Waals surface area contributed by atoms with Crippen LogP contribution < -0.4 is 0 Å². The lowest BCUT2D eigenvalue weighted by atomic mass is 10.1. The fourth-order valence-corrected chi connectivity index (χ4v) is 2.70. The second-order valence-electron chi connectivity index (χ2n) is 5.08. The molecule has 1 N–H and O–H groups in total. The Labute approximate surface area is 111 Å². The number of likely N-dealkylation sites (tertiary alicyclic amines) is 1. The molecule has 4 nitrogen and oxygen atoms in total. The Morgan fingerprint density at radius 1 is 1.26 bits per heavy atom. The first-order valence-electron chi connectivity index (χ1n) is 6.71. The molecular formula is C15H17NO3. The predicted molar refractivity (Wildman–Crippen MR) is 72.3 cm³/mol. The molecule has 3 rings (SSSR count). The molecule has 1 aliphatic rings. The zero-order chi connectivity index (χ0) is 13.2. The fraction of sp³-hybridized carbons (Fsp3) is 0.400. The van der Waals surface area contributed by atoms with Gasteiger partial charge in [0.2, 0.25) is 0 Å². The number of aromatic carboxylic acids is 1. The molecular weight excluding hydrogens is 242 g/mol. The van der Waals surface area contributed by atoms with Gasteiger partial charge in [0.05, 0.1) is 6.54 Å². The Morgan fingerprint density at radius 3 is 2.79 bits per heavy atom. The Kier molecular flexibility index (Phi) is 3.25. The van der Waals surface area contributed by atoms with Crippen LogP contribution in [0.3, 0.4) is 0 Å². The molecule has 2 heterocycles. The van der Waals surface area contributed by atoms with Crippen molar-refractivity contribution in [3.8, 4) is 0 Å². The molecule has 1 aromatic heterocycles. The molecule has 4 heteroatoms. The lowest BCUT2D eigenvalue weighted by molar-refractivity contribution is 0.0697. The molecule has 100 valence electrons. The number of nitrogens with zero attached hydrogens (tertiary/aromatic N) is 1. The molecule has 0 spiro atoms. The fourth-order valence-electron chi connectivity index (χ4n) is 2.70. The molecule has 0 radical (unpaired) electrons. The summed E-state index contributed by atoms with van der Waals surface area (Å²) in [6.07, 6.45) is 3.78. The average molecular weight is 259 g/mol. The van der Waals surface area contributed by atoms with Crippen molar-refractivity contribution in [3.05, 3.63) is 35.6 Å². The van der Waals surface area contributed by atoms with Crippen LogP contribution in [0.15, 0.2) is 28.7 Å². The molecule has 0 unspecified atom stereocenters. The average Bonchev–Trinajstić information content (AvgIpc) is 2.81. The van der Waals surface area contributed by atoms with Gasteiger partial charge in [0, 0.05) is 5.39 Å². The normalized spacial score (nSPS) is 16.8. The highest BCUT2D eigenvalue weighted by atomic mass is 16.4. The van der Waals surface area contributed by atoms with Crippen molar-refractivity contribution >= 4 is 16.9 Å². The van der Waals surface area contributed by atoms with E-state index in [0.717, 1.165) is 30.8 Å². The Balaban J connectivity index is 1.88. The van der Waals surface area contributed by atoms with Crippen molar-refractivity contribution in [2.45, 2.75) is 25.8 Å². The highest BCUT2D eigenvalue weighted by Crippen LogP contribution is 2.24. The number of hydrogen-bond donors (Lipinski definition) is 1. The molecule has 0 amide bonds. The SMILES string of the molecule is O=C(O)c1cccc2cc(CN3CCCCC3)oc12. The van der Waals surface area contributed by atoms with Gasteiger partial charge in [-0.3, -0.25) is 4.90 Å². The largest absolute Gasteiger partial charge is 0.478 e. The summed E-state index contributed by atoms with van der Waals surface area (Å²) in [7, 11) is 0. The van der Waals surface area contributed by atoms with E-state index in [4.69, 9.17) is 9.52 Å². The van der Waals surface area contributed by atoms with Gasteiger partial charge >= 0.3 is 5.97 Å². The molecule has 1 fully saturated rings. The van der Waals surface area contributed by atoms with E-state index in [1.807, 2.05) is 12.1 Å². The van der Waals surface area contributed by atoms with Crippen molar-refractivity contribution in [2.75, 3.05) is 13.1 Å². The van der Waals surface area contributed by atoms with Crippen molar-refractivity contribution in [2.24, 2.45) is 0 Å². The van der Waals surface area contributed by atoms with Gasteiger partial charge < -0.3 is 9.52 Å². The standard InChI is InChI=1S/C15H17NO3/c17-15(18)13-6-4-5-11-9-12(19-14(11)13)10-16-7-2-1-3-8-16/h4-6,9H,1-3,7-8,10H2,(H,17,18). The number of furan rings is 1. The number of carboxylic acid groups (broad SMARTS) is 1. The third-order valence-corrected chi connectivity index (χ3v) is 3.65. The van der Waals surface area contributed by atoms with Gasteiger partial charge in [-0.1, -0.05) is 18.6 Å². The summed E-state index contributed by atoms with van der Waals surface area (Å²) in [5, 5.41) is 10.0. The minimum Gasteiger partial charge on any atom is -0.478 e. The van der Waals surface area contributed by atoms with E-state index in [-0.39, 0.29) is 5.56 Å². The molecule has 0 saturated carbocycles. The van der Waals surface area contributed by atoms with Gasteiger partial charge in [-0.15, -0.1) is 0 Å². The van der Waals surface area contributed by atoms with Crippen LogP contribution in [0.2, 0.25) is 0 Å². The molecule has 1 saturated heterocycles. The predicted octanol–water partition coefficient (Wildman–Crippen LogP) is 3.12. The van der Waals surface area contributed by atoms with Crippen molar-refractivity contribution < 1.29 is 14.3 Å². The third-order valence-electron chi connectivity index (χ3n) is 3.65. The van der Waals surface area contributed by atoms with E-state index in [1.165, 1.54) is 19.3 Å². The lowest BCUT2D eigenvalue weighted by Crippen LogP contribution is -2.28. The second kappa shape index (κ2) is 5.05. The maximum absolute atomic E-state index is 11.1. The number of carbonyl (C=O) groups is 1. The monoisotopic (exact) mass is 259 g/mol. The van der Waals surface area contributed by atoms with E-state index >= 15 is 0 Å². The molecule has 19 heavy (non-hydrogen) atoms. The zero-order valence-electron chi connectivity index (χ0n) is 10.8. The van der Waals surface area contributed by atoms with Gasteiger partial charge in [0.15, 0.2) is 0 Å². The molecule has 0 atom stereocenters. The number of rotatable bonds is 3. The van der Waals surface area contributed by atoms with Crippen molar-refractivity contribution in [1.29, 1.82) is 0 Å². The first kappa shape index (κ1) is 12.2. The smallest absolute Gasteiger partial charge is 0.339 e. The highest BCUT2D eigenvalue weighted by Gasteiger charge is 2.16. The quantitative estimate of drug-likeness (QED) is 0.920. The minimum absolute atomic E-state index is 0.238. The van der Waals surface area contributed by atoms with Gasteiger partial charge in [0.1, 0.15) is 16.9 Å². The van der Waals surface area contributed by atoms with Crippen LogP contribution in [0, 0.1) is 0 Å². The summed E-state index contributed by atoms with van der Waals surface area (Å²) in [4.78, 5) is 13.5. The van der Waals surface area contributed by atoms with Crippen LogP contribution in [0.25, 0.3) is 11.0 Å². The molecule has 1 aliphatic heterocycles. The van der Waals surface area contributed by atoms with Gasteiger partial charge in [-0.05, 0) is 38.1 Å². The summed E-state index contributed by atoms with van der Waals surface area (Å²) >= 11 is 0. The summed E-state index contributed by atoms with van der Waals surface area (Å²) in [5.74, 6) is -0.0879. The Morgan fingerprint density at radius 2 is 2.05 bits per heavy atom. The van der Waals surface area contributed by atoms with Gasteiger partial charge in [-0.25, -0.2) is 4.79 Å². The topological polar surface area (TPSA) is 53.7 Å². The molecule has 0 aliphatic carbocycles. The lowest BCUT2D eigenvalue weighted by Gasteiger charge is -2.25. The molecule has 1 aromatic carbocycles. The van der Waals surface area contributed by atoms with Crippen LogP contribution >= 0.6 is 0 Å². The molecule has 2 aromatic rings. The van der Waals surface area contributed by atoms with Crippen molar-refractivity contribution in [3.63, 3.8) is 0 Å².